The highest BCUT2D eigenvalue weighted by Crippen LogP contribution is 2.27. The van der Waals surface area contributed by atoms with Crippen molar-refractivity contribution >= 4 is 29.3 Å². The van der Waals surface area contributed by atoms with Crippen LogP contribution in [0.25, 0.3) is 0 Å². The van der Waals surface area contributed by atoms with Crippen LogP contribution >= 0.6 is 11.6 Å². The van der Waals surface area contributed by atoms with Crippen LogP contribution in [-0.4, -0.2) is 66.3 Å². The van der Waals surface area contributed by atoms with Crippen LogP contribution in [0.5, 0.6) is 5.75 Å². The second-order valence-electron chi connectivity index (χ2n) is 7.62. The van der Waals surface area contributed by atoms with Gasteiger partial charge in [-0.3, -0.25) is 14.4 Å². The van der Waals surface area contributed by atoms with Crippen LogP contribution in [0.2, 0.25) is 5.02 Å². The molecule has 0 aliphatic carbocycles. The van der Waals surface area contributed by atoms with Crippen LogP contribution in [-0.2, 0) is 9.59 Å². The molecule has 0 aromatic heterocycles. The van der Waals surface area contributed by atoms with E-state index >= 15 is 0 Å². The van der Waals surface area contributed by atoms with Crippen molar-refractivity contribution in [2.45, 2.75) is 51.1 Å². The Balaban J connectivity index is 1.68. The number of methoxy groups -OCH3 is 1. The Kier molecular flexibility index (Phi) is 7.00. The molecule has 8 heteroatoms. The summed E-state index contributed by atoms with van der Waals surface area (Å²) in [5, 5.41) is 3.24. The Hall–Kier alpha value is -2.28. The van der Waals surface area contributed by atoms with Crippen LogP contribution in [0.3, 0.4) is 0 Å². The van der Waals surface area contributed by atoms with Crippen LogP contribution in [0.4, 0.5) is 0 Å². The maximum atomic E-state index is 13.1. The molecule has 0 spiro atoms. The third kappa shape index (κ3) is 4.83. The molecule has 0 radical (unpaired) electrons. The molecule has 1 N–H and O–H groups in total. The van der Waals surface area contributed by atoms with Crippen molar-refractivity contribution in [1.82, 2.24) is 15.1 Å². The van der Waals surface area contributed by atoms with Crippen LogP contribution < -0.4 is 10.1 Å². The quantitative estimate of drug-likeness (QED) is 0.792. The fraction of sp³-hybridized carbons (Fsp3) is 0.571. The lowest BCUT2D eigenvalue weighted by atomic mass is 10.1. The topological polar surface area (TPSA) is 79.0 Å². The summed E-state index contributed by atoms with van der Waals surface area (Å²) in [6, 6.07) is 3.62. The van der Waals surface area contributed by atoms with Gasteiger partial charge in [0.1, 0.15) is 17.8 Å². The van der Waals surface area contributed by atoms with E-state index in [1.807, 2.05) is 4.90 Å². The van der Waals surface area contributed by atoms with Gasteiger partial charge in [-0.25, -0.2) is 0 Å². The SMILES string of the molecule is COc1ccc(Cl)cc1C(=O)N1CCC[C@@H]1C(=O)N[C@H](C)C(=O)N1CCCCC1. The van der Waals surface area contributed by atoms with Gasteiger partial charge in [-0.1, -0.05) is 11.6 Å². The van der Waals surface area contributed by atoms with E-state index in [9.17, 15) is 14.4 Å². The zero-order valence-electron chi connectivity index (χ0n) is 16.9. The third-order valence-electron chi connectivity index (χ3n) is 5.61. The number of carbonyl (C=O) groups is 3. The average Bonchev–Trinajstić information content (AvgIpc) is 3.23. The summed E-state index contributed by atoms with van der Waals surface area (Å²) in [6.07, 6.45) is 4.42. The standard InChI is InChI=1S/C21H28ClN3O4/c1-14(20(27)24-10-4-3-5-11-24)23-19(26)17-7-6-12-25(17)21(28)16-13-15(22)8-9-18(16)29-2/h8-9,13-14,17H,3-7,10-12H2,1-2H3,(H,23,26)/t14-,17-/m1/s1. The van der Waals surface area contributed by atoms with Gasteiger partial charge in [0.15, 0.2) is 0 Å². The van der Waals surface area contributed by atoms with E-state index in [2.05, 4.69) is 5.32 Å². The molecule has 2 heterocycles. The van der Waals surface area contributed by atoms with Crippen molar-refractivity contribution in [3.05, 3.63) is 28.8 Å². The van der Waals surface area contributed by atoms with Crippen molar-refractivity contribution in [3.8, 4) is 5.75 Å². The van der Waals surface area contributed by atoms with Gasteiger partial charge in [-0.2, -0.15) is 0 Å². The minimum Gasteiger partial charge on any atom is -0.496 e. The molecule has 1 aromatic carbocycles. The molecular formula is C21H28ClN3O4. The molecule has 0 saturated carbocycles. The van der Waals surface area contributed by atoms with Crippen LogP contribution in [0.1, 0.15) is 49.4 Å². The van der Waals surface area contributed by atoms with E-state index in [1.165, 1.54) is 7.11 Å². The number of hydrogen-bond donors (Lipinski definition) is 1. The first-order valence-corrected chi connectivity index (χ1v) is 10.5. The predicted octanol–water partition coefficient (Wildman–Crippen LogP) is 2.47. The highest BCUT2D eigenvalue weighted by atomic mass is 35.5. The molecule has 2 aliphatic rings. The molecule has 7 nitrogen and oxygen atoms in total. The predicted molar refractivity (Wildman–Crippen MR) is 110 cm³/mol. The number of piperidine rings is 1. The molecule has 158 valence electrons. The number of amides is 3. The van der Waals surface area contributed by atoms with Crippen molar-refractivity contribution in [2.75, 3.05) is 26.7 Å². The highest BCUT2D eigenvalue weighted by Gasteiger charge is 2.37. The molecule has 2 aliphatic heterocycles. The third-order valence-corrected chi connectivity index (χ3v) is 5.84. The number of rotatable bonds is 5. The summed E-state index contributed by atoms with van der Waals surface area (Å²) < 4.78 is 5.28. The van der Waals surface area contributed by atoms with E-state index in [4.69, 9.17) is 16.3 Å². The van der Waals surface area contributed by atoms with E-state index in [0.717, 1.165) is 38.8 Å². The minimum atomic E-state index is -0.612. The number of nitrogens with zero attached hydrogens (tertiary/aromatic N) is 2. The normalized spacial score (nSPS) is 20.3. The van der Waals surface area contributed by atoms with Gasteiger partial charge >= 0.3 is 0 Å². The van der Waals surface area contributed by atoms with Gasteiger partial charge < -0.3 is 19.9 Å². The molecule has 1 aromatic rings. The van der Waals surface area contributed by atoms with E-state index in [0.29, 0.717) is 29.3 Å². The Morgan fingerprint density at radius 1 is 1.14 bits per heavy atom. The maximum absolute atomic E-state index is 13.1. The zero-order valence-corrected chi connectivity index (χ0v) is 17.7. The number of carbonyl (C=O) groups excluding carboxylic acids is 3. The van der Waals surface area contributed by atoms with E-state index < -0.39 is 12.1 Å². The number of ether oxygens (including phenoxy) is 1. The Morgan fingerprint density at radius 3 is 2.55 bits per heavy atom. The van der Waals surface area contributed by atoms with Gasteiger partial charge in [0.2, 0.25) is 11.8 Å². The molecule has 0 unspecified atom stereocenters. The van der Waals surface area contributed by atoms with Gasteiger partial charge in [-0.15, -0.1) is 0 Å². The number of benzene rings is 1. The first-order valence-electron chi connectivity index (χ1n) is 10.2. The Labute approximate surface area is 176 Å². The molecule has 3 rings (SSSR count). The Bertz CT molecular complexity index is 779. The second-order valence-corrected chi connectivity index (χ2v) is 8.05. The highest BCUT2D eigenvalue weighted by molar-refractivity contribution is 6.31. The Morgan fingerprint density at radius 2 is 1.86 bits per heavy atom. The summed E-state index contributed by atoms with van der Waals surface area (Å²) in [6.45, 7) is 3.65. The van der Waals surface area contributed by atoms with Gasteiger partial charge in [0, 0.05) is 24.7 Å². The van der Waals surface area contributed by atoms with Crippen molar-refractivity contribution < 1.29 is 19.1 Å². The van der Waals surface area contributed by atoms with E-state index in [1.54, 1.807) is 30.0 Å². The largest absolute Gasteiger partial charge is 0.496 e. The molecule has 2 saturated heterocycles. The fourth-order valence-electron chi connectivity index (χ4n) is 4.04. The summed E-state index contributed by atoms with van der Waals surface area (Å²) in [4.78, 5) is 41.9. The fourth-order valence-corrected chi connectivity index (χ4v) is 4.22. The average molecular weight is 422 g/mol. The monoisotopic (exact) mass is 421 g/mol. The minimum absolute atomic E-state index is 0.0644. The van der Waals surface area contributed by atoms with Crippen molar-refractivity contribution in [1.29, 1.82) is 0 Å². The summed E-state index contributed by atoms with van der Waals surface area (Å²) in [5.74, 6) is -0.240. The lowest BCUT2D eigenvalue weighted by molar-refractivity contribution is -0.137. The first kappa shape index (κ1) is 21.4. The van der Waals surface area contributed by atoms with Crippen LogP contribution in [0.15, 0.2) is 18.2 Å². The maximum Gasteiger partial charge on any atom is 0.258 e. The lowest BCUT2D eigenvalue weighted by Crippen LogP contribution is -2.53. The second kappa shape index (κ2) is 9.48. The van der Waals surface area contributed by atoms with Gasteiger partial charge in [0.25, 0.3) is 5.91 Å². The summed E-state index contributed by atoms with van der Waals surface area (Å²) in [5.41, 5.74) is 0.331. The zero-order chi connectivity index (χ0) is 21.0. The molecule has 2 atom stereocenters. The molecule has 0 bridgehead atoms. The number of nitrogens with one attached hydrogen (secondary N) is 1. The molecule has 3 amide bonds. The number of likely N-dealkylation sites (tertiary alicyclic amines) is 2. The van der Waals surface area contributed by atoms with Gasteiger partial charge in [-0.05, 0) is 57.2 Å². The van der Waals surface area contributed by atoms with Crippen molar-refractivity contribution in [2.24, 2.45) is 0 Å². The summed E-state index contributed by atoms with van der Waals surface area (Å²) in [7, 11) is 1.49. The molecule has 29 heavy (non-hydrogen) atoms. The lowest BCUT2D eigenvalue weighted by Gasteiger charge is -2.30. The molecule has 2 fully saturated rings. The van der Waals surface area contributed by atoms with Crippen molar-refractivity contribution in [3.63, 3.8) is 0 Å². The first-order chi connectivity index (χ1) is 13.9. The number of hydrogen-bond acceptors (Lipinski definition) is 4. The molecular weight excluding hydrogens is 394 g/mol. The summed E-state index contributed by atoms with van der Waals surface area (Å²) >= 11 is 6.05. The van der Waals surface area contributed by atoms with E-state index in [-0.39, 0.29) is 17.7 Å². The van der Waals surface area contributed by atoms with Crippen LogP contribution in [0, 0.1) is 0 Å². The van der Waals surface area contributed by atoms with Gasteiger partial charge in [0.05, 0.1) is 12.7 Å². The number of halogens is 1. The smallest absolute Gasteiger partial charge is 0.258 e.